The first-order chi connectivity index (χ1) is 8.17. The summed E-state index contributed by atoms with van der Waals surface area (Å²) in [4.78, 5) is 0. The van der Waals surface area contributed by atoms with Gasteiger partial charge in [-0.2, -0.15) is 0 Å². The molecule has 4 nitrogen and oxygen atoms in total. The van der Waals surface area contributed by atoms with Gasteiger partial charge in [-0.1, -0.05) is 27.7 Å². The molecule has 0 amide bonds. The predicted octanol–water partition coefficient (Wildman–Crippen LogP) is 2.72. The van der Waals surface area contributed by atoms with Crippen LogP contribution in [0.1, 0.15) is 11.5 Å². The normalized spacial score (nSPS) is 10.8. The molecule has 2 aromatic rings. The van der Waals surface area contributed by atoms with E-state index in [0.29, 0.717) is 21.3 Å². The Hall–Kier alpha value is -0.920. The Morgan fingerprint density at radius 3 is 2.82 bits per heavy atom. The summed E-state index contributed by atoms with van der Waals surface area (Å²) >= 11 is 4.58. The number of nitrogens with zero attached hydrogens (tertiary/aromatic N) is 2. The van der Waals surface area contributed by atoms with Crippen LogP contribution in [-0.2, 0) is 12.3 Å². The van der Waals surface area contributed by atoms with Crippen LogP contribution in [-0.4, -0.2) is 10.2 Å². The zero-order valence-corrected chi connectivity index (χ0v) is 11.1. The lowest BCUT2D eigenvalue weighted by atomic mass is 10.2. The average molecular weight is 318 g/mol. The number of rotatable bonds is 4. The van der Waals surface area contributed by atoms with Crippen LogP contribution < -0.4 is 5.73 Å². The molecule has 1 heterocycles. The van der Waals surface area contributed by atoms with Crippen molar-refractivity contribution in [2.24, 2.45) is 5.73 Å². The number of thioether (sulfide) groups is 1. The van der Waals surface area contributed by atoms with Gasteiger partial charge in [-0.05, 0) is 23.8 Å². The zero-order chi connectivity index (χ0) is 12.3. The fraction of sp³-hybridized carbons (Fsp3) is 0.200. The first-order valence-electron chi connectivity index (χ1n) is 4.77. The van der Waals surface area contributed by atoms with Crippen LogP contribution in [0.3, 0.4) is 0 Å². The topological polar surface area (TPSA) is 64.9 Å². The van der Waals surface area contributed by atoms with Gasteiger partial charge in [0.1, 0.15) is 5.82 Å². The Morgan fingerprint density at radius 1 is 1.35 bits per heavy atom. The van der Waals surface area contributed by atoms with Crippen LogP contribution in [0.5, 0.6) is 0 Å². The standard InChI is InChI=1S/C10H9BrFN3OS/c11-7-1-6(2-8(12)3-7)5-17-10-15-14-9(4-13)16-10/h1-3H,4-5,13H2. The summed E-state index contributed by atoms with van der Waals surface area (Å²) in [5.74, 6) is 0.679. The van der Waals surface area contributed by atoms with Gasteiger partial charge in [-0.25, -0.2) is 4.39 Å². The third-order valence-electron chi connectivity index (χ3n) is 1.91. The molecule has 0 saturated carbocycles. The number of aromatic nitrogens is 2. The first-order valence-corrected chi connectivity index (χ1v) is 6.55. The number of halogens is 2. The molecule has 2 N–H and O–H groups in total. The van der Waals surface area contributed by atoms with Crippen LogP contribution in [0.15, 0.2) is 32.3 Å². The van der Waals surface area contributed by atoms with Gasteiger partial charge in [-0.15, -0.1) is 10.2 Å². The molecule has 0 aliphatic carbocycles. The SMILES string of the molecule is NCc1nnc(SCc2cc(F)cc(Br)c2)o1. The summed E-state index contributed by atoms with van der Waals surface area (Å²) in [5, 5.41) is 7.98. The minimum atomic E-state index is -0.275. The average Bonchev–Trinajstić information content (AvgIpc) is 2.73. The van der Waals surface area contributed by atoms with Gasteiger partial charge in [-0.3, -0.25) is 0 Å². The third-order valence-corrected chi connectivity index (χ3v) is 3.26. The molecule has 7 heteroatoms. The Morgan fingerprint density at radius 2 is 2.18 bits per heavy atom. The van der Waals surface area contributed by atoms with Crippen molar-refractivity contribution in [2.75, 3.05) is 0 Å². The molecule has 0 radical (unpaired) electrons. The molecule has 0 spiro atoms. The summed E-state index contributed by atoms with van der Waals surface area (Å²) in [7, 11) is 0. The van der Waals surface area contributed by atoms with Gasteiger partial charge < -0.3 is 10.2 Å². The van der Waals surface area contributed by atoms with E-state index in [4.69, 9.17) is 10.2 Å². The van der Waals surface area contributed by atoms with Crippen molar-refractivity contribution in [3.8, 4) is 0 Å². The fourth-order valence-electron chi connectivity index (χ4n) is 1.22. The van der Waals surface area contributed by atoms with Crippen molar-refractivity contribution < 1.29 is 8.81 Å². The van der Waals surface area contributed by atoms with E-state index >= 15 is 0 Å². The molecule has 1 aromatic carbocycles. The molecule has 0 aliphatic heterocycles. The highest BCUT2D eigenvalue weighted by Crippen LogP contribution is 2.24. The summed E-state index contributed by atoms with van der Waals surface area (Å²) in [6, 6.07) is 4.72. The summed E-state index contributed by atoms with van der Waals surface area (Å²) in [5.41, 5.74) is 6.19. The van der Waals surface area contributed by atoms with E-state index in [1.807, 2.05) is 6.07 Å². The number of nitrogens with two attached hydrogens (primary N) is 1. The van der Waals surface area contributed by atoms with E-state index in [1.165, 1.54) is 23.9 Å². The largest absolute Gasteiger partial charge is 0.415 e. The lowest BCUT2D eigenvalue weighted by molar-refractivity contribution is 0.415. The molecule has 1 aromatic heterocycles. The first kappa shape index (κ1) is 12.5. The van der Waals surface area contributed by atoms with E-state index in [-0.39, 0.29) is 12.4 Å². The van der Waals surface area contributed by atoms with Crippen molar-refractivity contribution in [1.82, 2.24) is 10.2 Å². The van der Waals surface area contributed by atoms with Crippen LogP contribution in [0.4, 0.5) is 4.39 Å². The summed E-state index contributed by atoms with van der Waals surface area (Å²) in [6.07, 6.45) is 0. The van der Waals surface area contributed by atoms with Crippen LogP contribution in [0, 0.1) is 5.82 Å². The molecule has 0 bridgehead atoms. The quantitative estimate of drug-likeness (QED) is 0.878. The molecular weight excluding hydrogens is 309 g/mol. The maximum absolute atomic E-state index is 13.1. The smallest absolute Gasteiger partial charge is 0.276 e. The minimum absolute atomic E-state index is 0.221. The van der Waals surface area contributed by atoms with Crippen molar-refractivity contribution in [3.05, 3.63) is 39.9 Å². The lowest BCUT2D eigenvalue weighted by Gasteiger charge is -2.00. The second-order valence-corrected chi connectivity index (χ2v) is 5.07. The molecule has 0 aliphatic rings. The molecule has 0 fully saturated rings. The minimum Gasteiger partial charge on any atom is -0.415 e. The molecule has 90 valence electrons. The van der Waals surface area contributed by atoms with Gasteiger partial charge >= 0.3 is 0 Å². The van der Waals surface area contributed by atoms with Crippen molar-refractivity contribution in [1.29, 1.82) is 0 Å². The van der Waals surface area contributed by atoms with Gasteiger partial charge in [0.15, 0.2) is 0 Å². The van der Waals surface area contributed by atoms with Gasteiger partial charge in [0.2, 0.25) is 5.89 Å². The second-order valence-electron chi connectivity index (χ2n) is 3.23. The highest BCUT2D eigenvalue weighted by molar-refractivity contribution is 9.10. The molecule has 2 rings (SSSR count). The Labute approximate surface area is 110 Å². The highest BCUT2D eigenvalue weighted by atomic mass is 79.9. The lowest BCUT2D eigenvalue weighted by Crippen LogP contribution is -1.95. The van der Waals surface area contributed by atoms with Crippen molar-refractivity contribution in [3.63, 3.8) is 0 Å². The number of hydrogen-bond acceptors (Lipinski definition) is 5. The van der Waals surface area contributed by atoms with E-state index in [2.05, 4.69) is 26.1 Å². The predicted molar refractivity (Wildman–Crippen MR) is 65.9 cm³/mol. The summed E-state index contributed by atoms with van der Waals surface area (Å²) in [6.45, 7) is 0.221. The maximum Gasteiger partial charge on any atom is 0.276 e. The third kappa shape index (κ3) is 3.52. The maximum atomic E-state index is 13.1. The Bertz CT molecular complexity index is 500. The molecular formula is C10H9BrFN3OS. The zero-order valence-electron chi connectivity index (χ0n) is 8.69. The van der Waals surface area contributed by atoms with E-state index in [0.717, 1.165) is 5.56 Å². The second kappa shape index (κ2) is 5.61. The van der Waals surface area contributed by atoms with Crippen LogP contribution in [0.2, 0.25) is 0 Å². The van der Waals surface area contributed by atoms with E-state index in [1.54, 1.807) is 0 Å². The molecule has 0 unspecified atom stereocenters. The van der Waals surface area contributed by atoms with Crippen molar-refractivity contribution >= 4 is 27.7 Å². The number of hydrogen-bond donors (Lipinski definition) is 1. The van der Waals surface area contributed by atoms with Crippen LogP contribution >= 0.6 is 27.7 Å². The van der Waals surface area contributed by atoms with Crippen LogP contribution in [0.25, 0.3) is 0 Å². The van der Waals surface area contributed by atoms with Gasteiger partial charge in [0.25, 0.3) is 5.22 Å². The van der Waals surface area contributed by atoms with Crippen molar-refractivity contribution in [2.45, 2.75) is 17.5 Å². The van der Waals surface area contributed by atoms with E-state index < -0.39 is 0 Å². The van der Waals surface area contributed by atoms with E-state index in [9.17, 15) is 4.39 Å². The molecule has 17 heavy (non-hydrogen) atoms. The van der Waals surface area contributed by atoms with Gasteiger partial charge in [0.05, 0.1) is 6.54 Å². The molecule has 0 saturated heterocycles. The monoisotopic (exact) mass is 317 g/mol. The molecule has 0 atom stereocenters. The Kier molecular flexibility index (Phi) is 4.14. The fourth-order valence-corrected chi connectivity index (χ4v) is 2.44. The Balaban J connectivity index is 2.01. The number of benzene rings is 1. The highest BCUT2D eigenvalue weighted by Gasteiger charge is 2.06. The van der Waals surface area contributed by atoms with Gasteiger partial charge in [0, 0.05) is 10.2 Å². The summed E-state index contributed by atoms with van der Waals surface area (Å²) < 4.78 is 19.0.